The lowest BCUT2D eigenvalue weighted by atomic mass is 10.1. The first kappa shape index (κ1) is 19.1. The van der Waals surface area contributed by atoms with E-state index in [1.54, 1.807) is 12.4 Å². The highest BCUT2D eigenvalue weighted by Crippen LogP contribution is 2.33. The molecule has 0 radical (unpaired) electrons. The van der Waals surface area contributed by atoms with E-state index in [-0.39, 0.29) is 11.9 Å². The molecule has 0 spiro atoms. The Hall–Kier alpha value is -3.28. The molecule has 0 bridgehead atoms. The molecule has 3 aromatic rings. The van der Waals surface area contributed by atoms with E-state index >= 15 is 0 Å². The number of benzene rings is 1. The monoisotopic (exact) mass is 387 g/mol. The van der Waals surface area contributed by atoms with Crippen LogP contribution in [-0.2, 0) is 4.79 Å². The van der Waals surface area contributed by atoms with E-state index in [0.29, 0.717) is 12.2 Å². The SMILES string of the molecule is CCCC(=O)N1CCCC1c1nc(Nc2ccccc2)cc(-c2cccnc2)n1. The van der Waals surface area contributed by atoms with Crippen molar-refractivity contribution in [2.24, 2.45) is 0 Å². The van der Waals surface area contributed by atoms with Crippen molar-refractivity contribution in [2.45, 2.75) is 38.6 Å². The maximum atomic E-state index is 12.6. The molecular formula is C23H25N5O. The standard InChI is InChI=1S/C23H25N5O/c1-2-8-22(29)28-14-7-12-20(28)23-26-19(17-9-6-13-24-16-17)15-21(27-23)25-18-10-4-3-5-11-18/h3-6,9-11,13,15-16,20H,2,7-8,12,14H2,1H3,(H,25,26,27). The molecule has 1 aliphatic heterocycles. The van der Waals surface area contributed by atoms with Crippen LogP contribution in [-0.4, -0.2) is 32.3 Å². The van der Waals surface area contributed by atoms with Gasteiger partial charge in [0.15, 0.2) is 5.82 Å². The molecule has 29 heavy (non-hydrogen) atoms. The van der Waals surface area contributed by atoms with Crippen LogP contribution in [0.15, 0.2) is 60.9 Å². The fraction of sp³-hybridized carbons (Fsp3) is 0.304. The summed E-state index contributed by atoms with van der Waals surface area (Å²) in [7, 11) is 0. The van der Waals surface area contributed by atoms with Gasteiger partial charge in [-0.25, -0.2) is 9.97 Å². The summed E-state index contributed by atoms with van der Waals surface area (Å²) in [4.78, 5) is 28.4. The van der Waals surface area contributed by atoms with Gasteiger partial charge in [0, 0.05) is 42.7 Å². The molecule has 1 unspecified atom stereocenters. The molecule has 1 atom stereocenters. The number of anilines is 2. The number of hydrogen-bond donors (Lipinski definition) is 1. The van der Waals surface area contributed by atoms with Gasteiger partial charge in [0.25, 0.3) is 0 Å². The Labute approximate surface area is 171 Å². The van der Waals surface area contributed by atoms with Crippen molar-refractivity contribution >= 4 is 17.4 Å². The molecule has 0 saturated carbocycles. The third-order valence-corrected chi connectivity index (χ3v) is 5.08. The van der Waals surface area contributed by atoms with Crippen molar-refractivity contribution < 1.29 is 4.79 Å². The van der Waals surface area contributed by atoms with Crippen molar-refractivity contribution in [1.29, 1.82) is 0 Å². The van der Waals surface area contributed by atoms with Gasteiger partial charge in [0.05, 0.1) is 11.7 Å². The van der Waals surface area contributed by atoms with Crippen LogP contribution < -0.4 is 5.32 Å². The first-order chi connectivity index (χ1) is 14.2. The molecule has 3 heterocycles. The number of aromatic nitrogens is 3. The van der Waals surface area contributed by atoms with Crippen LogP contribution in [0.4, 0.5) is 11.5 Å². The van der Waals surface area contributed by atoms with Crippen molar-refractivity contribution in [3.05, 3.63) is 66.7 Å². The van der Waals surface area contributed by atoms with E-state index in [0.717, 1.165) is 48.6 Å². The van der Waals surface area contributed by atoms with Crippen molar-refractivity contribution in [1.82, 2.24) is 19.9 Å². The molecule has 1 aromatic carbocycles. The molecule has 0 aliphatic carbocycles. The summed E-state index contributed by atoms with van der Waals surface area (Å²) in [5, 5.41) is 3.37. The van der Waals surface area contributed by atoms with Crippen LogP contribution in [0.3, 0.4) is 0 Å². The second kappa shape index (κ2) is 8.82. The van der Waals surface area contributed by atoms with Crippen LogP contribution in [0.25, 0.3) is 11.3 Å². The van der Waals surface area contributed by atoms with Crippen LogP contribution in [0, 0.1) is 0 Å². The summed E-state index contributed by atoms with van der Waals surface area (Å²) in [5.74, 6) is 1.59. The second-order valence-electron chi connectivity index (χ2n) is 7.22. The normalized spacial score (nSPS) is 16.0. The molecule has 6 heteroatoms. The van der Waals surface area contributed by atoms with Crippen molar-refractivity contribution in [3.8, 4) is 11.3 Å². The Kier molecular flexibility index (Phi) is 5.79. The maximum absolute atomic E-state index is 12.6. The van der Waals surface area contributed by atoms with Gasteiger partial charge in [0.2, 0.25) is 5.91 Å². The minimum atomic E-state index is -0.0815. The molecule has 2 aromatic heterocycles. The molecule has 1 saturated heterocycles. The van der Waals surface area contributed by atoms with E-state index in [9.17, 15) is 4.79 Å². The number of likely N-dealkylation sites (tertiary alicyclic amines) is 1. The lowest BCUT2D eigenvalue weighted by Crippen LogP contribution is -2.31. The second-order valence-corrected chi connectivity index (χ2v) is 7.22. The summed E-state index contributed by atoms with van der Waals surface area (Å²) >= 11 is 0. The average molecular weight is 387 g/mol. The van der Waals surface area contributed by atoms with Gasteiger partial charge in [0.1, 0.15) is 5.82 Å². The van der Waals surface area contributed by atoms with E-state index in [1.807, 2.05) is 60.4 Å². The summed E-state index contributed by atoms with van der Waals surface area (Å²) < 4.78 is 0. The molecule has 1 aliphatic rings. The van der Waals surface area contributed by atoms with Gasteiger partial charge in [-0.05, 0) is 43.5 Å². The van der Waals surface area contributed by atoms with Crippen molar-refractivity contribution in [3.63, 3.8) is 0 Å². The summed E-state index contributed by atoms with van der Waals surface area (Å²) in [6.07, 6.45) is 6.82. The molecule has 4 rings (SSSR count). The van der Waals surface area contributed by atoms with Crippen LogP contribution in [0.1, 0.15) is 44.5 Å². The summed E-state index contributed by atoms with van der Waals surface area (Å²) in [6.45, 7) is 2.80. The number of carbonyl (C=O) groups excluding carboxylic acids is 1. The Morgan fingerprint density at radius 3 is 2.79 bits per heavy atom. The summed E-state index contributed by atoms with van der Waals surface area (Å²) in [5.41, 5.74) is 2.69. The molecule has 6 nitrogen and oxygen atoms in total. The van der Waals surface area contributed by atoms with Gasteiger partial charge < -0.3 is 10.2 Å². The predicted octanol–water partition coefficient (Wildman–Crippen LogP) is 4.75. The number of nitrogens with one attached hydrogen (secondary N) is 1. The van der Waals surface area contributed by atoms with E-state index in [2.05, 4.69) is 10.3 Å². The van der Waals surface area contributed by atoms with Crippen LogP contribution in [0.2, 0.25) is 0 Å². The van der Waals surface area contributed by atoms with E-state index in [1.165, 1.54) is 0 Å². The maximum Gasteiger partial charge on any atom is 0.223 e. The van der Waals surface area contributed by atoms with Gasteiger partial charge in [-0.15, -0.1) is 0 Å². The minimum Gasteiger partial charge on any atom is -0.340 e. The topological polar surface area (TPSA) is 71.0 Å². The zero-order valence-electron chi connectivity index (χ0n) is 16.6. The molecule has 148 valence electrons. The minimum absolute atomic E-state index is 0.0815. The van der Waals surface area contributed by atoms with Crippen LogP contribution in [0.5, 0.6) is 0 Å². The van der Waals surface area contributed by atoms with Crippen LogP contribution >= 0.6 is 0 Å². The highest BCUT2D eigenvalue weighted by Gasteiger charge is 2.32. The zero-order chi connectivity index (χ0) is 20.1. The lowest BCUT2D eigenvalue weighted by molar-refractivity contribution is -0.132. The fourth-order valence-electron chi connectivity index (χ4n) is 3.70. The molecule has 1 fully saturated rings. The number of nitrogens with zero attached hydrogens (tertiary/aromatic N) is 4. The Morgan fingerprint density at radius 1 is 1.17 bits per heavy atom. The smallest absolute Gasteiger partial charge is 0.223 e. The number of rotatable bonds is 6. The number of hydrogen-bond acceptors (Lipinski definition) is 5. The largest absolute Gasteiger partial charge is 0.340 e. The van der Waals surface area contributed by atoms with Gasteiger partial charge in [-0.3, -0.25) is 9.78 Å². The van der Waals surface area contributed by atoms with E-state index in [4.69, 9.17) is 9.97 Å². The molecule has 1 amide bonds. The Bertz CT molecular complexity index is 962. The quantitative estimate of drug-likeness (QED) is 0.661. The van der Waals surface area contributed by atoms with Crippen molar-refractivity contribution in [2.75, 3.05) is 11.9 Å². The Morgan fingerprint density at radius 2 is 2.03 bits per heavy atom. The molecule has 1 N–H and O–H groups in total. The first-order valence-electron chi connectivity index (χ1n) is 10.2. The third kappa shape index (κ3) is 4.42. The average Bonchev–Trinajstić information content (AvgIpc) is 3.25. The highest BCUT2D eigenvalue weighted by atomic mass is 16.2. The summed E-state index contributed by atoms with van der Waals surface area (Å²) in [6, 6.07) is 15.7. The zero-order valence-corrected chi connectivity index (χ0v) is 16.6. The van der Waals surface area contributed by atoms with Gasteiger partial charge in [-0.2, -0.15) is 0 Å². The van der Waals surface area contributed by atoms with E-state index < -0.39 is 0 Å². The third-order valence-electron chi connectivity index (χ3n) is 5.08. The number of para-hydroxylation sites is 1. The molecular weight excluding hydrogens is 362 g/mol. The predicted molar refractivity (Wildman–Crippen MR) is 114 cm³/mol. The fourth-order valence-corrected chi connectivity index (χ4v) is 3.70. The van der Waals surface area contributed by atoms with Gasteiger partial charge in [-0.1, -0.05) is 25.1 Å². The number of amides is 1. The Balaban J connectivity index is 1.72. The number of pyridine rings is 1. The highest BCUT2D eigenvalue weighted by molar-refractivity contribution is 5.77. The van der Waals surface area contributed by atoms with Gasteiger partial charge >= 0.3 is 0 Å². The number of carbonyl (C=O) groups is 1. The lowest BCUT2D eigenvalue weighted by Gasteiger charge is -2.24. The first-order valence-corrected chi connectivity index (χ1v) is 10.2.